The molecule has 0 heteroatoms. The van der Waals surface area contributed by atoms with Crippen molar-refractivity contribution < 1.29 is 0 Å². The minimum atomic E-state index is 0.609. The van der Waals surface area contributed by atoms with Gasteiger partial charge in [-0.1, -0.05) is 26.0 Å². The second-order valence-electron chi connectivity index (χ2n) is 4.52. The van der Waals surface area contributed by atoms with E-state index in [9.17, 15) is 0 Å². The molecule has 0 N–H and O–H groups in total. The number of hydrogen-bond acceptors (Lipinski definition) is 0. The van der Waals surface area contributed by atoms with Crippen LogP contribution < -0.4 is 0 Å². The molecular formula is C10H16. The first-order valence-corrected chi connectivity index (χ1v) is 4.37. The van der Waals surface area contributed by atoms with E-state index in [0.717, 1.165) is 11.8 Å². The van der Waals surface area contributed by atoms with Gasteiger partial charge in [0.1, 0.15) is 0 Å². The first kappa shape index (κ1) is 6.45. The SMILES string of the molecule is CC1(C)CC2C=CC1CC2. The Morgan fingerprint density at radius 2 is 2.00 bits per heavy atom. The van der Waals surface area contributed by atoms with Crippen LogP contribution in [0.1, 0.15) is 33.1 Å². The lowest BCUT2D eigenvalue weighted by Gasteiger charge is -2.44. The van der Waals surface area contributed by atoms with Crippen molar-refractivity contribution in [3.63, 3.8) is 0 Å². The molecule has 0 aliphatic heterocycles. The molecule has 10 heavy (non-hydrogen) atoms. The van der Waals surface area contributed by atoms with Crippen LogP contribution in [0.2, 0.25) is 0 Å². The van der Waals surface area contributed by atoms with Crippen LogP contribution in [0.25, 0.3) is 0 Å². The van der Waals surface area contributed by atoms with E-state index in [1.807, 2.05) is 0 Å². The Hall–Kier alpha value is -0.260. The Bertz CT molecular complexity index is 165. The summed E-state index contributed by atoms with van der Waals surface area (Å²) in [4.78, 5) is 0. The smallest absolute Gasteiger partial charge is 0.0182 e. The second kappa shape index (κ2) is 1.87. The van der Waals surface area contributed by atoms with Crippen molar-refractivity contribution in [1.29, 1.82) is 0 Å². The van der Waals surface area contributed by atoms with E-state index in [2.05, 4.69) is 26.0 Å². The molecule has 0 amide bonds. The second-order valence-corrected chi connectivity index (χ2v) is 4.52. The maximum atomic E-state index is 2.44. The van der Waals surface area contributed by atoms with Gasteiger partial charge in [-0.2, -0.15) is 0 Å². The molecule has 0 nitrogen and oxygen atoms in total. The van der Waals surface area contributed by atoms with Crippen LogP contribution in [0.4, 0.5) is 0 Å². The van der Waals surface area contributed by atoms with E-state index in [4.69, 9.17) is 0 Å². The van der Waals surface area contributed by atoms with Crippen molar-refractivity contribution >= 4 is 0 Å². The predicted octanol–water partition coefficient (Wildman–Crippen LogP) is 3.00. The van der Waals surface area contributed by atoms with E-state index < -0.39 is 0 Å². The Balaban J connectivity index is 2.27. The average molecular weight is 136 g/mol. The Morgan fingerprint density at radius 3 is 2.20 bits per heavy atom. The summed E-state index contributed by atoms with van der Waals surface area (Å²) in [5.74, 6) is 1.80. The highest BCUT2D eigenvalue weighted by Crippen LogP contribution is 2.48. The molecule has 0 radical (unpaired) electrons. The molecule has 2 atom stereocenters. The lowest BCUT2D eigenvalue weighted by atomic mass is 9.61. The molecule has 56 valence electrons. The topological polar surface area (TPSA) is 0 Å². The molecule has 3 aliphatic carbocycles. The van der Waals surface area contributed by atoms with Gasteiger partial charge in [-0.3, -0.25) is 0 Å². The summed E-state index contributed by atoms with van der Waals surface area (Å²) in [5.41, 5.74) is 0.609. The molecule has 0 aromatic rings. The normalized spacial score (nSPS) is 42.2. The van der Waals surface area contributed by atoms with Crippen LogP contribution in [-0.4, -0.2) is 0 Å². The van der Waals surface area contributed by atoms with Gasteiger partial charge in [-0.05, 0) is 36.5 Å². The zero-order valence-electron chi connectivity index (χ0n) is 6.93. The van der Waals surface area contributed by atoms with Gasteiger partial charge in [-0.25, -0.2) is 0 Å². The van der Waals surface area contributed by atoms with Crippen LogP contribution in [0.15, 0.2) is 12.2 Å². The molecule has 2 bridgehead atoms. The Kier molecular flexibility index (Phi) is 1.21. The van der Waals surface area contributed by atoms with Crippen LogP contribution in [0.3, 0.4) is 0 Å². The van der Waals surface area contributed by atoms with Crippen molar-refractivity contribution in [2.45, 2.75) is 33.1 Å². The van der Waals surface area contributed by atoms with Gasteiger partial charge < -0.3 is 0 Å². The van der Waals surface area contributed by atoms with Gasteiger partial charge in [0, 0.05) is 0 Å². The lowest BCUT2D eigenvalue weighted by Crippen LogP contribution is -2.33. The summed E-state index contributed by atoms with van der Waals surface area (Å²) in [7, 11) is 0. The van der Waals surface area contributed by atoms with Crippen LogP contribution in [0.5, 0.6) is 0 Å². The maximum absolute atomic E-state index is 2.44. The van der Waals surface area contributed by atoms with Gasteiger partial charge >= 0.3 is 0 Å². The highest BCUT2D eigenvalue weighted by Gasteiger charge is 2.37. The lowest BCUT2D eigenvalue weighted by molar-refractivity contribution is 0.130. The van der Waals surface area contributed by atoms with Gasteiger partial charge in [0.2, 0.25) is 0 Å². The van der Waals surface area contributed by atoms with Crippen molar-refractivity contribution in [1.82, 2.24) is 0 Å². The highest BCUT2D eigenvalue weighted by atomic mass is 14.4. The molecule has 3 rings (SSSR count). The third kappa shape index (κ3) is 0.817. The maximum Gasteiger partial charge on any atom is -0.0182 e. The van der Waals surface area contributed by atoms with Crippen LogP contribution >= 0.6 is 0 Å². The monoisotopic (exact) mass is 136 g/mol. The van der Waals surface area contributed by atoms with Gasteiger partial charge in [0.25, 0.3) is 0 Å². The Morgan fingerprint density at radius 1 is 1.20 bits per heavy atom. The first-order valence-electron chi connectivity index (χ1n) is 4.37. The molecule has 0 saturated heterocycles. The quantitative estimate of drug-likeness (QED) is 0.449. The van der Waals surface area contributed by atoms with Crippen molar-refractivity contribution in [3.05, 3.63) is 12.2 Å². The summed E-state index contributed by atoms with van der Waals surface area (Å²) < 4.78 is 0. The summed E-state index contributed by atoms with van der Waals surface area (Å²) in [5, 5.41) is 0. The molecule has 2 unspecified atom stereocenters. The predicted molar refractivity (Wildman–Crippen MR) is 43.8 cm³/mol. The number of rotatable bonds is 0. The molecule has 0 aromatic heterocycles. The number of allylic oxidation sites excluding steroid dienone is 2. The third-order valence-corrected chi connectivity index (χ3v) is 3.26. The van der Waals surface area contributed by atoms with E-state index in [-0.39, 0.29) is 0 Å². The average Bonchev–Trinajstić information content (AvgIpc) is 1.87. The van der Waals surface area contributed by atoms with Crippen LogP contribution in [0, 0.1) is 17.3 Å². The molecular weight excluding hydrogens is 120 g/mol. The van der Waals surface area contributed by atoms with Crippen molar-refractivity contribution in [3.8, 4) is 0 Å². The minimum Gasteiger partial charge on any atom is -0.0851 e. The van der Waals surface area contributed by atoms with E-state index in [1.54, 1.807) is 0 Å². The summed E-state index contributed by atoms with van der Waals surface area (Å²) in [6.07, 6.45) is 9.18. The molecule has 0 spiro atoms. The standard InChI is InChI=1S/C10H16/c1-10(2)7-8-3-5-9(10)6-4-8/h3,5,8-9H,4,6-7H2,1-2H3. The first-order chi connectivity index (χ1) is 4.68. The van der Waals surface area contributed by atoms with Gasteiger partial charge in [0.15, 0.2) is 0 Å². The van der Waals surface area contributed by atoms with E-state index >= 15 is 0 Å². The molecule has 1 saturated carbocycles. The van der Waals surface area contributed by atoms with Crippen LogP contribution in [-0.2, 0) is 0 Å². The number of hydrogen-bond donors (Lipinski definition) is 0. The molecule has 0 heterocycles. The zero-order chi connectivity index (χ0) is 7.19. The van der Waals surface area contributed by atoms with Gasteiger partial charge in [0.05, 0.1) is 0 Å². The summed E-state index contributed by atoms with van der Waals surface area (Å²) in [6.45, 7) is 4.82. The van der Waals surface area contributed by atoms with Crippen molar-refractivity contribution in [2.24, 2.45) is 17.3 Å². The van der Waals surface area contributed by atoms with Crippen molar-refractivity contribution in [2.75, 3.05) is 0 Å². The molecule has 3 aliphatic rings. The Labute approximate surface area is 63.3 Å². The van der Waals surface area contributed by atoms with Gasteiger partial charge in [-0.15, -0.1) is 0 Å². The fourth-order valence-corrected chi connectivity index (χ4v) is 2.53. The fourth-order valence-electron chi connectivity index (χ4n) is 2.53. The minimum absolute atomic E-state index is 0.609. The van der Waals surface area contributed by atoms with E-state index in [0.29, 0.717) is 5.41 Å². The fraction of sp³-hybridized carbons (Fsp3) is 0.800. The molecule has 1 fully saturated rings. The molecule has 0 aromatic carbocycles. The third-order valence-electron chi connectivity index (χ3n) is 3.26. The highest BCUT2D eigenvalue weighted by molar-refractivity contribution is 5.09. The largest absolute Gasteiger partial charge is 0.0851 e. The number of fused-ring (bicyclic) bond motifs is 2. The summed E-state index contributed by atoms with van der Waals surface area (Å²) in [6, 6.07) is 0. The summed E-state index contributed by atoms with van der Waals surface area (Å²) >= 11 is 0. The van der Waals surface area contributed by atoms with E-state index in [1.165, 1.54) is 19.3 Å². The zero-order valence-corrected chi connectivity index (χ0v) is 6.93.